The quantitative estimate of drug-likeness (QED) is 0.227. The van der Waals surface area contributed by atoms with E-state index in [1.54, 1.807) is 20.8 Å². The van der Waals surface area contributed by atoms with Gasteiger partial charge in [-0.15, -0.1) is 0 Å². The molecule has 0 aromatic carbocycles. The molecule has 1 heterocycles. The van der Waals surface area contributed by atoms with Gasteiger partial charge < -0.3 is 26.2 Å². The van der Waals surface area contributed by atoms with Gasteiger partial charge in [-0.1, -0.05) is 53.9 Å². The van der Waals surface area contributed by atoms with E-state index >= 15 is 0 Å². The molecular weight excluding hydrogens is 636 g/mol. The van der Waals surface area contributed by atoms with Crippen molar-refractivity contribution in [2.45, 2.75) is 131 Å². The Balaban J connectivity index is 1.79. The van der Waals surface area contributed by atoms with Gasteiger partial charge in [0.25, 0.3) is 5.91 Å². The summed E-state index contributed by atoms with van der Waals surface area (Å²) in [4.78, 5) is 69.3. The van der Waals surface area contributed by atoms with Crippen LogP contribution in [0.5, 0.6) is 0 Å². The second-order valence-corrected chi connectivity index (χ2v) is 19.8. The number of hydrogen-bond acceptors (Lipinski definition) is 7. The van der Waals surface area contributed by atoms with Crippen LogP contribution in [0.3, 0.4) is 0 Å². The molecule has 4 N–H and O–H groups in total. The van der Waals surface area contributed by atoms with E-state index in [2.05, 4.69) is 35.1 Å². The second kappa shape index (κ2) is 13.9. The highest BCUT2D eigenvalue weighted by molar-refractivity contribution is 7.89. The van der Waals surface area contributed by atoms with Gasteiger partial charge in [-0.05, 0) is 76.5 Å². The number of ketones is 1. The van der Waals surface area contributed by atoms with E-state index in [0.717, 1.165) is 19.3 Å². The molecule has 2 unspecified atom stereocenters. The molecule has 13 nitrogen and oxygen atoms in total. The van der Waals surface area contributed by atoms with Crippen LogP contribution >= 0.6 is 0 Å². The molecule has 5 amide bonds. The summed E-state index contributed by atoms with van der Waals surface area (Å²) >= 11 is 0. The summed E-state index contributed by atoms with van der Waals surface area (Å²) in [5, 5.41) is 11.0. The molecule has 3 rings (SSSR count). The van der Waals surface area contributed by atoms with Gasteiger partial charge in [-0.3, -0.25) is 19.2 Å². The fourth-order valence-electron chi connectivity index (χ4n) is 6.78. The first kappa shape index (κ1) is 39.7. The maximum atomic E-state index is 14.2. The molecule has 2 saturated carbocycles. The Morgan fingerprint density at radius 3 is 2.00 bits per heavy atom. The number of nitrogens with one attached hydrogen (secondary N) is 4. The molecule has 3 fully saturated rings. The van der Waals surface area contributed by atoms with E-state index < -0.39 is 68.3 Å². The van der Waals surface area contributed by atoms with Gasteiger partial charge in [0, 0.05) is 31.2 Å². The van der Waals surface area contributed by atoms with E-state index in [0.29, 0.717) is 6.54 Å². The third-order valence-corrected chi connectivity index (χ3v) is 12.4. The van der Waals surface area contributed by atoms with E-state index in [-0.39, 0.29) is 47.8 Å². The van der Waals surface area contributed by atoms with E-state index in [9.17, 15) is 32.4 Å². The zero-order valence-corrected chi connectivity index (χ0v) is 31.9. The van der Waals surface area contributed by atoms with Crippen molar-refractivity contribution in [1.29, 1.82) is 0 Å². The number of rotatable bonds is 12. The number of nitrogens with zero attached hydrogens (tertiary/aromatic N) is 2. The summed E-state index contributed by atoms with van der Waals surface area (Å²) in [5.74, 6) is -2.99. The van der Waals surface area contributed by atoms with Crippen molar-refractivity contribution in [3.8, 4) is 0 Å². The summed E-state index contributed by atoms with van der Waals surface area (Å²) in [6.07, 6.45) is 3.03. The van der Waals surface area contributed by atoms with Crippen LogP contribution < -0.4 is 21.3 Å². The number of urea groups is 1. The van der Waals surface area contributed by atoms with Crippen molar-refractivity contribution in [3.05, 3.63) is 0 Å². The van der Waals surface area contributed by atoms with Crippen LogP contribution in [0, 0.1) is 28.6 Å². The first-order valence-corrected chi connectivity index (χ1v) is 18.8. The average molecular weight is 697 g/mol. The van der Waals surface area contributed by atoms with Crippen LogP contribution in [0.2, 0.25) is 0 Å². The summed E-state index contributed by atoms with van der Waals surface area (Å²) in [6, 6.07) is -3.42. The van der Waals surface area contributed by atoms with E-state index in [4.69, 9.17) is 0 Å². The Labute approximate surface area is 287 Å². The largest absolute Gasteiger partial charge is 0.348 e. The number of piperidine rings is 1. The van der Waals surface area contributed by atoms with Gasteiger partial charge >= 0.3 is 6.03 Å². The second-order valence-electron chi connectivity index (χ2n) is 17.7. The lowest BCUT2D eigenvalue weighted by atomic mass is 9.80. The van der Waals surface area contributed by atoms with Gasteiger partial charge in [0.1, 0.15) is 12.1 Å². The number of Topliss-reactive ketones (excluding diaryl/α,β-unsaturated/α-hetero) is 1. The molecule has 1 aliphatic heterocycles. The SMILES string of the molecule is CN(C(C)(C)C)S(=O)(=O)CCNC(=O)C(=O)C(CC1CCC1)NC(=O)[C@@H]1[C@@H]2C(CN1C(=O)[C@@H](NC(=O)NC(C)(C)C)C(C)(C)C)C2(C)C. The summed E-state index contributed by atoms with van der Waals surface area (Å²) in [5.41, 5.74) is -2.05. The Hall–Kier alpha value is -2.74. The molecule has 2 aliphatic carbocycles. The van der Waals surface area contributed by atoms with Crippen molar-refractivity contribution < 1.29 is 32.4 Å². The fraction of sp³-hybridized carbons (Fsp3) is 0.853. The van der Waals surface area contributed by atoms with Crippen molar-refractivity contribution >= 4 is 39.6 Å². The molecule has 0 aromatic heterocycles. The van der Waals surface area contributed by atoms with Gasteiger partial charge in [-0.2, -0.15) is 4.31 Å². The smallest absolute Gasteiger partial charge is 0.315 e. The fourth-order valence-corrected chi connectivity index (χ4v) is 8.25. The standard InChI is InChI=1S/C34H60N6O7S/c1-31(2,3)26(37-30(45)38-32(4,5)6)29(44)40-19-21-23(34(21,10)11)24(40)27(42)36-22(18-20-14-13-15-20)25(41)28(43)35-16-17-48(46,47)39(12)33(7,8)9/h20-24,26H,13-19H2,1-12H3,(H,35,43)(H,36,42)(H2,37,38,45)/t21?,22?,23-,24-,26+/m0/s1. The lowest BCUT2D eigenvalue weighted by molar-refractivity contribution is -0.145. The summed E-state index contributed by atoms with van der Waals surface area (Å²) in [6.45, 7) is 20.5. The predicted molar refractivity (Wildman–Crippen MR) is 184 cm³/mol. The molecule has 0 spiro atoms. The molecule has 274 valence electrons. The average Bonchev–Trinajstić information content (AvgIpc) is 3.22. The molecule has 3 aliphatic rings. The van der Waals surface area contributed by atoms with Crippen molar-refractivity contribution in [2.24, 2.45) is 28.6 Å². The number of sulfonamides is 1. The third kappa shape index (κ3) is 9.28. The van der Waals surface area contributed by atoms with Gasteiger partial charge in [0.15, 0.2) is 0 Å². The molecule has 0 radical (unpaired) electrons. The number of carbonyl (C=O) groups is 5. The van der Waals surface area contributed by atoms with Crippen LogP contribution in [0.25, 0.3) is 0 Å². The Bertz CT molecular complexity index is 1370. The van der Waals surface area contributed by atoms with Crippen molar-refractivity contribution in [3.63, 3.8) is 0 Å². The minimum absolute atomic E-state index is 0.0680. The number of carbonyl (C=O) groups excluding carboxylic acids is 5. The number of fused-ring (bicyclic) bond motifs is 1. The highest BCUT2D eigenvalue weighted by atomic mass is 32.2. The number of hydrogen-bond donors (Lipinski definition) is 4. The number of likely N-dealkylation sites (tertiary alicyclic amines) is 1. The third-order valence-electron chi connectivity index (χ3n) is 10.3. The van der Waals surface area contributed by atoms with Crippen molar-refractivity contribution in [2.75, 3.05) is 25.9 Å². The Morgan fingerprint density at radius 2 is 1.52 bits per heavy atom. The molecule has 5 atom stereocenters. The Kier molecular flexibility index (Phi) is 11.5. The maximum absolute atomic E-state index is 14.2. The first-order valence-electron chi connectivity index (χ1n) is 17.2. The minimum atomic E-state index is -3.70. The predicted octanol–water partition coefficient (Wildman–Crippen LogP) is 2.40. The van der Waals surface area contributed by atoms with Crippen LogP contribution in [-0.2, 0) is 29.2 Å². The van der Waals surface area contributed by atoms with Crippen molar-refractivity contribution in [1.82, 2.24) is 30.5 Å². The van der Waals surface area contributed by atoms with Crippen LogP contribution in [-0.4, -0.2) is 102 Å². The molecule has 14 heteroatoms. The van der Waals surface area contributed by atoms with Gasteiger partial charge in [0.2, 0.25) is 27.6 Å². The van der Waals surface area contributed by atoms with Crippen LogP contribution in [0.4, 0.5) is 4.79 Å². The van der Waals surface area contributed by atoms with Crippen LogP contribution in [0.15, 0.2) is 0 Å². The summed E-state index contributed by atoms with van der Waals surface area (Å²) < 4.78 is 26.7. The number of amides is 5. The first-order chi connectivity index (χ1) is 21.7. The molecule has 0 aromatic rings. The zero-order chi connectivity index (χ0) is 36.8. The van der Waals surface area contributed by atoms with E-state index in [1.165, 1.54) is 16.3 Å². The van der Waals surface area contributed by atoms with Gasteiger partial charge in [0.05, 0.1) is 11.8 Å². The highest BCUT2D eigenvalue weighted by Crippen LogP contribution is 2.65. The Morgan fingerprint density at radius 1 is 0.938 bits per heavy atom. The van der Waals surface area contributed by atoms with E-state index in [1.807, 2.05) is 41.5 Å². The maximum Gasteiger partial charge on any atom is 0.315 e. The topological polar surface area (TPSA) is 174 Å². The normalized spacial score (nSPS) is 23.8. The van der Waals surface area contributed by atoms with Crippen LogP contribution in [0.1, 0.15) is 102 Å². The molecule has 0 bridgehead atoms. The zero-order valence-electron chi connectivity index (χ0n) is 31.1. The molecule has 1 saturated heterocycles. The molecular formula is C34H60N6O7S. The monoisotopic (exact) mass is 696 g/mol. The van der Waals surface area contributed by atoms with Gasteiger partial charge in [-0.25, -0.2) is 13.2 Å². The molecule has 48 heavy (non-hydrogen) atoms. The lowest BCUT2D eigenvalue weighted by Crippen LogP contribution is -2.62. The highest BCUT2D eigenvalue weighted by Gasteiger charge is 2.70. The summed E-state index contributed by atoms with van der Waals surface area (Å²) in [7, 11) is -2.23. The minimum Gasteiger partial charge on any atom is -0.348 e. The lowest BCUT2D eigenvalue weighted by Gasteiger charge is -2.38.